The minimum absolute atomic E-state index is 0.258. The minimum Gasteiger partial charge on any atom is -0.497 e. The molecule has 1 N–H and O–H groups in total. The van der Waals surface area contributed by atoms with E-state index in [9.17, 15) is 9.59 Å². The Hall–Kier alpha value is -3.55. The second-order valence-electron chi connectivity index (χ2n) is 9.14. The first-order valence-corrected chi connectivity index (χ1v) is 13.0. The maximum atomic E-state index is 13.8. The van der Waals surface area contributed by atoms with Crippen molar-refractivity contribution >= 4 is 29.3 Å². The average Bonchev–Trinajstić information content (AvgIpc) is 3.15. The molecule has 2 amide bonds. The molecule has 0 aliphatic carbocycles. The first-order valence-electron chi connectivity index (χ1n) is 12.2. The number of nitrogens with zero attached hydrogens (tertiary/aromatic N) is 2. The van der Waals surface area contributed by atoms with Crippen molar-refractivity contribution in [3.63, 3.8) is 0 Å². The molecule has 0 atom stereocenters. The van der Waals surface area contributed by atoms with Crippen molar-refractivity contribution in [2.24, 2.45) is 0 Å². The van der Waals surface area contributed by atoms with Gasteiger partial charge in [0.25, 0.3) is 11.8 Å². The number of hydrogen-bond acceptors (Lipinski definition) is 5. The smallest absolute Gasteiger partial charge is 0.283 e. The second-order valence-corrected chi connectivity index (χ2v) is 10.2. The molecular weight excluding hydrogens is 470 g/mol. The number of carbonyl (C=O) groups is 2. The van der Waals surface area contributed by atoms with E-state index in [0.29, 0.717) is 22.0 Å². The number of anilines is 1. The van der Waals surface area contributed by atoms with Crippen molar-refractivity contribution in [3.05, 3.63) is 101 Å². The van der Waals surface area contributed by atoms with E-state index < -0.39 is 0 Å². The van der Waals surface area contributed by atoms with Crippen molar-refractivity contribution in [3.8, 4) is 5.75 Å². The van der Waals surface area contributed by atoms with Crippen LogP contribution >= 0.6 is 11.8 Å². The third kappa shape index (κ3) is 5.03. The van der Waals surface area contributed by atoms with Crippen LogP contribution in [0.4, 0.5) is 5.69 Å². The predicted molar refractivity (Wildman–Crippen MR) is 142 cm³/mol. The summed E-state index contributed by atoms with van der Waals surface area (Å²) in [5, 5.41) is 0. The van der Waals surface area contributed by atoms with Gasteiger partial charge in [0, 0.05) is 10.5 Å². The molecule has 0 aromatic heterocycles. The maximum absolute atomic E-state index is 13.8. The molecular formula is C29H30N3O3S+. The number of thioether (sulfide) groups is 1. The van der Waals surface area contributed by atoms with Crippen LogP contribution in [-0.4, -0.2) is 50.0 Å². The number of ether oxygens (including phenoxy) is 1. The molecule has 2 aliphatic heterocycles. The Kier molecular flexibility index (Phi) is 7.11. The molecule has 0 unspecified atom stereocenters. The quantitative estimate of drug-likeness (QED) is 0.505. The van der Waals surface area contributed by atoms with Crippen LogP contribution in [0.25, 0.3) is 0 Å². The van der Waals surface area contributed by atoms with Gasteiger partial charge >= 0.3 is 0 Å². The van der Waals surface area contributed by atoms with Gasteiger partial charge < -0.3 is 14.5 Å². The van der Waals surface area contributed by atoms with Crippen LogP contribution in [0.2, 0.25) is 0 Å². The van der Waals surface area contributed by atoms with Crippen LogP contribution in [0.5, 0.6) is 5.75 Å². The lowest BCUT2D eigenvalue weighted by molar-refractivity contribution is -0.917. The van der Waals surface area contributed by atoms with Crippen LogP contribution < -0.4 is 14.5 Å². The number of aryl methyl sites for hydroxylation is 1. The fourth-order valence-corrected chi connectivity index (χ4v) is 5.67. The number of benzene rings is 3. The Morgan fingerprint density at radius 1 is 0.861 bits per heavy atom. The molecule has 6 nitrogen and oxygen atoms in total. The highest BCUT2D eigenvalue weighted by atomic mass is 32.2. The van der Waals surface area contributed by atoms with Gasteiger partial charge in [-0.1, -0.05) is 59.8 Å². The van der Waals surface area contributed by atoms with Crippen LogP contribution in [-0.2, 0) is 16.1 Å². The molecule has 36 heavy (non-hydrogen) atoms. The van der Waals surface area contributed by atoms with E-state index in [0.717, 1.165) is 43.2 Å². The molecule has 184 valence electrons. The van der Waals surface area contributed by atoms with Gasteiger partial charge in [0.1, 0.15) is 22.9 Å². The number of quaternary nitrogens is 1. The fourth-order valence-electron chi connectivity index (χ4n) is 4.67. The van der Waals surface area contributed by atoms with Gasteiger partial charge in [0.2, 0.25) is 0 Å². The monoisotopic (exact) mass is 500 g/mol. The average molecular weight is 501 g/mol. The molecule has 2 aliphatic rings. The van der Waals surface area contributed by atoms with Crippen molar-refractivity contribution < 1.29 is 19.2 Å². The molecule has 0 bridgehead atoms. The summed E-state index contributed by atoms with van der Waals surface area (Å²) in [5.41, 5.74) is 3.53. The van der Waals surface area contributed by atoms with E-state index in [2.05, 4.69) is 29.2 Å². The number of hydrogen-bond donors (Lipinski definition) is 1. The molecule has 5 rings (SSSR count). The van der Waals surface area contributed by atoms with Gasteiger partial charge in [0.15, 0.2) is 0 Å². The Morgan fingerprint density at radius 3 is 2.17 bits per heavy atom. The highest BCUT2D eigenvalue weighted by Crippen LogP contribution is 2.39. The summed E-state index contributed by atoms with van der Waals surface area (Å²) in [7, 11) is 1.59. The number of nitrogens with one attached hydrogen (secondary N) is 1. The summed E-state index contributed by atoms with van der Waals surface area (Å²) >= 11 is 1.38. The molecule has 7 heteroatoms. The van der Waals surface area contributed by atoms with E-state index in [1.807, 2.05) is 37.3 Å². The molecule has 3 aromatic rings. The zero-order valence-corrected chi connectivity index (χ0v) is 21.4. The Morgan fingerprint density at radius 2 is 1.53 bits per heavy atom. The van der Waals surface area contributed by atoms with E-state index in [-0.39, 0.29) is 11.8 Å². The highest BCUT2D eigenvalue weighted by molar-refractivity contribution is 8.04. The van der Waals surface area contributed by atoms with Gasteiger partial charge in [-0.2, -0.15) is 0 Å². The number of carbonyl (C=O) groups excluding carboxylic acids is 2. The SMILES string of the molecule is COc1ccc(N2C(=O)C(Sc3ccc(C)cc3)=C(N3CC[NH+](Cc4ccccc4)CC3)C2=O)cc1. The predicted octanol–water partition coefficient (Wildman–Crippen LogP) is 3.28. The zero-order chi connectivity index (χ0) is 25.1. The van der Waals surface area contributed by atoms with Crippen LogP contribution in [0.3, 0.4) is 0 Å². The van der Waals surface area contributed by atoms with Gasteiger partial charge in [-0.3, -0.25) is 9.59 Å². The Labute approximate surface area is 216 Å². The van der Waals surface area contributed by atoms with Gasteiger partial charge in [-0.15, -0.1) is 0 Å². The number of piperazine rings is 1. The van der Waals surface area contributed by atoms with E-state index in [4.69, 9.17) is 4.74 Å². The normalized spacial score (nSPS) is 16.7. The van der Waals surface area contributed by atoms with Crippen molar-refractivity contribution in [2.75, 3.05) is 38.2 Å². The summed E-state index contributed by atoms with van der Waals surface area (Å²) < 4.78 is 5.25. The second kappa shape index (κ2) is 10.6. The third-order valence-corrected chi connectivity index (χ3v) is 7.75. The van der Waals surface area contributed by atoms with Gasteiger partial charge in [-0.05, 0) is 43.3 Å². The zero-order valence-electron chi connectivity index (χ0n) is 20.6. The molecule has 3 aromatic carbocycles. The first-order chi connectivity index (χ1) is 17.5. The first kappa shape index (κ1) is 24.2. The lowest BCUT2D eigenvalue weighted by atomic mass is 10.2. The topological polar surface area (TPSA) is 54.3 Å². The summed E-state index contributed by atoms with van der Waals surface area (Å²) in [5.74, 6) is 0.147. The summed E-state index contributed by atoms with van der Waals surface area (Å²) in [4.78, 5) is 33.7. The minimum atomic E-state index is -0.273. The summed E-state index contributed by atoms with van der Waals surface area (Å²) in [6, 6.07) is 25.6. The van der Waals surface area contributed by atoms with Crippen molar-refractivity contribution in [1.82, 2.24) is 4.90 Å². The Bertz CT molecular complexity index is 1270. The number of imide groups is 1. The lowest BCUT2D eigenvalue weighted by Gasteiger charge is -2.34. The number of amides is 2. The fraction of sp³-hybridized carbons (Fsp3) is 0.241. The standard InChI is InChI=1S/C29H29N3O3S/c1-21-8-14-25(15-9-21)36-27-26(28(33)32(29(27)34)23-10-12-24(35-2)13-11-23)31-18-16-30(17-19-31)20-22-6-4-3-5-7-22/h3-15H,16-20H2,1-2H3/p+1. The largest absolute Gasteiger partial charge is 0.497 e. The molecule has 0 spiro atoms. The van der Waals surface area contributed by atoms with Gasteiger partial charge in [-0.25, -0.2) is 4.90 Å². The van der Waals surface area contributed by atoms with Gasteiger partial charge in [0.05, 0.1) is 39.0 Å². The van der Waals surface area contributed by atoms with Crippen molar-refractivity contribution in [1.29, 1.82) is 0 Å². The lowest BCUT2D eigenvalue weighted by Crippen LogP contribution is -3.13. The highest BCUT2D eigenvalue weighted by Gasteiger charge is 2.43. The van der Waals surface area contributed by atoms with E-state index >= 15 is 0 Å². The maximum Gasteiger partial charge on any atom is 0.283 e. The van der Waals surface area contributed by atoms with Crippen LogP contribution in [0, 0.1) is 6.92 Å². The molecule has 1 saturated heterocycles. The Balaban J connectivity index is 1.40. The molecule has 2 heterocycles. The number of rotatable bonds is 7. The summed E-state index contributed by atoms with van der Waals surface area (Å²) in [6.45, 7) is 6.27. The van der Waals surface area contributed by atoms with Crippen LogP contribution in [0.15, 0.2) is 94.4 Å². The molecule has 0 radical (unpaired) electrons. The van der Waals surface area contributed by atoms with Crippen LogP contribution in [0.1, 0.15) is 11.1 Å². The molecule has 1 fully saturated rings. The summed E-state index contributed by atoms with van der Waals surface area (Å²) in [6.07, 6.45) is 0. The molecule has 0 saturated carbocycles. The van der Waals surface area contributed by atoms with E-state index in [1.54, 1.807) is 31.4 Å². The number of methoxy groups -OCH3 is 1. The third-order valence-electron chi connectivity index (χ3n) is 6.67. The van der Waals surface area contributed by atoms with Crippen molar-refractivity contribution in [2.45, 2.75) is 18.4 Å². The van der Waals surface area contributed by atoms with E-state index in [1.165, 1.54) is 27.1 Å².